The number of rotatable bonds is 21. The maximum absolute atomic E-state index is 14.2. The zero-order valence-corrected chi connectivity index (χ0v) is 47.3. The second kappa shape index (κ2) is 23.9. The first-order valence-corrected chi connectivity index (χ1v) is 31.3. The molecule has 2 spiro atoms. The van der Waals surface area contributed by atoms with Crippen molar-refractivity contribution in [3.05, 3.63) is 12.2 Å². The van der Waals surface area contributed by atoms with E-state index in [0.717, 1.165) is 24.4 Å². The Kier molecular flexibility index (Phi) is 20.9. The van der Waals surface area contributed by atoms with Crippen LogP contribution in [0.3, 0.4) is 0 Å². The molecule has 0 radical (unpaired) electrons. The highest BCUT2D eigenvalue weighted by Gasteiger charge is 2.56. The minimum absolute atomic E-state index is 0.00380. The van der Waals surface area contributed by atoms with Crippen LogP contribution in [0.2, 0.25) is 36.3 Å². The summed E-state index contributed by atoms with van der Waals surface area (Å²) >= 11 is 17.6. The minimum atomic E-state index is -2.23. The first-order valence-electron chi connectivity index (χ1n) is 24.7. The summed E-state index contributed by atoms with van der Waals surface area (Å²) in [7, 11) is -2.81. The largest absolute Gasteiger partial charge is 0.462 e. The Balaban J connectivity index is 1.53. The summed E-state index contributed by atoms with van der Waals surface area (Å²) in [5.41, 5.74) is -0.0789. The molecule has 0 saturated carbocycles. The fourth-order valence-corrected chi connectivity index (χ4v) is 15.2. The minimum Gasteiger partial charge on any atom is -0.462 e. The molecule has 4 saturated heterocycles. The predicted molar refractivity (Wildman–Crippen MR) is 267 cm³/mol. The van der Waals surface area contributed by atoms with Gasteiger partial charge in [-0.25, -0.2) is 0 Å². The van der Waals surface area contributed by atoms with Crippen molar-refractivity contribution in [2.24, 2.45) is 11.8 Å². The Labute approximate surface area is 423 Å². The van der Waals surface area contributed by atoms with Crippen molar-refractivity contribution in [2.45, 2.75) is 246 Å². The number of carbonyl (C=O) groups excluding carboxylic acids is 4. The molecule has 13 atom stereocenters. The molecule has 1 N–H and O–H groups in total. The molecule has 19 heteroatoms. The van der Waals surface area contributed by atoms with Gasteiger partial charge in [0.05, 0.1) is 48.6 Å². The molecule has 0 aromatic carbocycles. The standard InChI is InChI=1S/C49H83Cl3O14Si2/c1-15-68(16-2,17-3)66-46(11)24-39(63-48(29-46)26-38(60-34(7)54)20-36(62-48)23-43(56)59-30-49(50,51)52)18-31(4)32(5)44(57)33(6)42(55)22-35-19-37(58-12)25-47(61-35)27-40(21-41(28-53)64-47)65-67(13,14)45(8,9)10/h28,32-33,35-41,44,57H,4,15-27,29-30H2,1-3,5-14H3/t32-,33-,35+,36-,37+,38+,39+,40+,41-,44+,46+,47+,48-/m1/s1. The Morgan fingerprint density at radius 2 is 1.38 bits per heavy atom. The van der Waals surface area contributed by atoms with Gasteiger partial charge in [-0.2, -0.15) is 0 Å². The highest BCUT2D eigenvalue weighted by molar-refractivity contribution is 6.74. The van der Waals surface area contributed by atoms with Crippen LogP contribution < -0.4 is 0 Å². The molecule has 0 amide bonds. The molecule has 0 unspecified atom stereocenters. The quantitative estimate of drug-likeness (QED) is 0.0378. The van der Waals surface area contributed by atoms with Gasteiger partial charge in [-0.15, -0.1) is 0 Å². The summed E-state index contributed by atoms with van der Waals surface area (Å²) in [4.78, 5) is 51.8. The third-order valence-electron chi connectivity index (χ3n) is 15.3. The van der Waals surface area contributed by atoms with E-state index in [4.69, 9.17) is 76.8 Å². The van der Waals surface area contributed by atoms with E-state index >= 15 is 0 Å². The van der Waals surface area contributed by atoms with Crippen LogP contribution in [0.25, 0.3) is 0 Å². The molecule has 4 aliphatic heterocycles. The number of carbonyl (C=O) groups is 4. The number of Topliss-reactive ketones (excluding diaryl/α,β-unsaturated/α-hetero) is 1. The number of aliphatic hydroxyl groups is 1. The smallest absolute Gasteiger partial charge is 0.308 e. The number of hydrogen-bond acceptors (Lipinski definition) is 14. The van der Waals surface area contributed by atoms with E-state index in [-0.39, 0.29) is 48.7 Å². The van der Waals surface area contributed by atoms with Crippen molar-refractivity contribution in [1.82, 2.24) is 0 Å². The molecule has 4 aliphatic rings. The summed E-state index contributed by atoms with van der Waals surface area (Å²) < 4.78 is 55.9. The zero-order chi connectivity index (χ0) is 51.3. The second-order valence-corrected chi connectivity index (χ2v) is 34.0. The lowest BCUT2D eigenvalue weighted by Gasteiger charge is -2.55. The number of halogens is 3. The van der Waals surface area contributed by atoms with Gasteiger partial charge in [-0.1, -0.05) is 102 Å². The third-order valence-corrected chi connectivity index (χ3v) is 25.0. The number of ether oxygens (including phenoxy) is 7. The highest BCUT2D eigenvalue weighted by atomic mass is 35.6. The van der Waals surface area contributed by atoms with E-state index in [1.807, 2.05) is 6.92 Å². The molecule has 0 aliphatic carbocycles. The normalized spacial score (nSPS) is 33.1. The van der Waals surface area contributed by atoms with Crippen LogP contribution in [-0.2, 0) is 61.2 Å². The lowest BCUT2D eigenvalue weighted by molar-refractivity contribution is -0.347. The molecule has 14 nitrogen and oxygen atoms in total. The molecule has 4 heterocycles. The van der Waals surface area contributed by atoms with Gasteiger partial charge in [0, 0.05) is 83.7 Å². The summed E-state index contributed by atoms with van der Waals surface area (Å²) in [6, 6.07) is 2.71. The van der Waals surface area contributed by atoms with Crippen molar-refractivity contribution in [1.29, 1.82) is 0 Å². The van der Waals surface area contributed by atoms with Crippen molar-refractivity contribution in [3.8, 4) is 0 Å². The van der Waals surface area contributed by atoms with Gasteiger partial charge in [0.1, 0.15) is 30.9 Å². The molecule has 4 rings (SSSR count). The summed E-state index contributed by atoms with van der Waals surface area (Å²) in [6.45, 7) is 28.3. The average molecular weight is 1060 g/mol. The fraction of sp³-hybridized carbons (Fsp3) is 0.878. The van der Waals surface area contributed by atoms with Gasteiger partial charge in [0.2, 0.25) is 3.79 Å². The van der Waals surface area contributed by atoms with Crippen LogP contribution in [0.5, 0.6) is 0 Å². The van der Waals surface area contributed by atoms with Crippen LogP contribution >= 0.6 is 34.8 Å². The van der Waals surface area contributed by atoms with E-state index in [1.165, 1.54) is 6.92 Å². The number of hydrogen-bond donors (Lipinski definition) is 1. The number of aldehydes is 1. The Hall–Kier alpha value is -0.996. The average Bonchev–Trinajstić information content (AvgIpc) is 3.22. The number of methoxy groups -OCH3 is 1. The summed E-state index contributed by atoms with van der Waals surface area (Å²) in [5.74, 6) is -5.16. The predicted octanol–water partition coefficient (Wildman–Crippen LogP) is 10.3. The SMILES string of the molecule is C=C(C[C@H]1C[C@](C)(O[Si](CC)(CC)CC)C[C@@]2(C[C@@H](OC(C)=O)C[C@H](CC(=O)OCC(Cl)(Cl)Cl)O2)O1)[C@@H](C)[C@H](O)[C@H](C)C(=O)C[C@@H]1C[C@H](OC)C[C@]2(C[C@@H](O[Si](C)(C)C(C)(C)C)C[C@H](C=O)O2)O1. The maximum Gasteiger partial charge on any atom is 0.308 e. The van der Waals surface area contributed by atoms with E-state index in [2.05, 4.69) is 68.1 Å². The topological polar surface area (TPSA) is 172 Å². The zero-order valence-electron chi connectivity index (χ0n) is 43.1. The van der Waals surface area contributed by atoms with Crippen molar-refractivity contribution >= 4 is 75.4 Å². The number of ketones is 1. The van der Waals surface area contributed by atoms with Crippen LogP contribution in [0.15, 0.2) is 12.2 Å². The van der Waals surface area contributed by atoms with E-state index in [1.54, 1.807) is 14.0 Å². The first-order chi connectivity index (χ1) is 31.4. The van der Waals surface area contributed by atoms with Gasteiger partial charge < -0.3 is 51.9 Å². The Morgan fingerprint density at radius 3 is 1.94 bits per heavy atom. The number of alkyl halides is 3. The van der Waals surface area contributed by atoms with Gasteiger partial charge in [-0.05, 0) is 49.6 Å². The van der Waals surface area contributed by atoms with E-state index in [9.17, 15) is 24.3 Å². The van der Waals surface area contributed by atoms with Gasteiger partial charge in [0.15, 0.2) is 28.2 Å². The maximum atomic E-state index is 14.2. The molecule has 68 heavy (non-hydrogen) atoms. The molecule has 0 aromatic heterocycles. The fourth-order valence-electron chi connectivity index (χ4n) is 10.6. The van der Waals surface area contributed by atoms with E-state index < -0.39 is 105 Å². The van der Waals surface area contributed by atoms with Crippen molar-refractivity contribution < 1.29 is 66.3 Å². The molecule has 392 valence electrons. The van der Waals surface area contributed by atoms with Gasteiger partial charge in [0.25, 0.3) is 0 Å². The van der Waals surface area contributed by atoms with Crippen molar-refractivity contribution in [3.63, 3.8) is 0 Å². The van der Waals surface area contributed by atoms with Crippen LogP contribution in [0, 0.1) is 11.8 Å². The van der Waals surface area contributed by atoms with Crippen molar-refractivity contribution in [2.75, 3.05) is 13.7 Å². The molecular formula is C49H83Cl3O14Si2. The van der Waals surface area contributed by atoms with Gasteiger partial charge in [-0.3, -0.25) is 14.4 Å². The lowest BCUT2D eigenvalue weighted by atomic mass is 9.78. The van der Waals surface area contributed by atoms with Crippen LogP contribution in [-0.4, -0.2) is 129 Å². The summed E-state index contributed by atoms with van der Waals surface area (Å²) in [5, 5.41) is 11.9. The molecule has 0 bridgehead atoms. The van der Waals surface area contributed by atoms with Gasteiger partial charge >= 0.3 is 11.9 Å². The number of aliphatic hydroxyl groups excluding tert-OH is 1. The van der Waals surface area contributed by atoms with E-state index in [0.29, 0.717) is 50.5 Å². The Bertz CT molecular complexity index is 1730. The lowest BCUT2D eigenvalue weighted by Crippen LogP contribution is -2.61. The third kappa shape index (κ3) is 16.3. The Morgan fingerprint density at radius 1 is 0.824 bits per heavy atom. The van der Waals surface area contributed by atoms with Crippen LogP contribution in [0.1, 0.15) is 140 Å². The summed E-state index contributed by atoms with van der Waals surface area (Å²) in [6.07, 6.45) is -1.18. The molecular weight excluding hydrogens is 975 g/mol. The molecule has 0 aromatic rings. The van der Waals surface area contributed by atoms with Crippen LogP contribution in [0.4, 0.5) is 0 Å². The molecule has 4 fully saturated rings. The highest BCUT2D eigenvalue weighted by Crippen LogP contribution is 2.50. The monoisotopic (exact) mass is 1060 g/mol. The second-order valence-electron chi connectivity index (χ2n) is 22.0. The number of esters is 2. The first kappa shape index (κ1) is 59.6.